The second-order valence-electron chi connectivity index (χ2n) is 2.26. The van der Waals surface area contributed by atoms with Crippen molar-refractivity contribution in [2.75, 3.05) is 0 Å². The number of nitrogens with zero attached hydrogens (tertiary/aromatic N) is 2. The molecule has 0 aliphatic carbocycles. The predicted molar refractivity (Wildman–Crippen MR) is 37.8 cm³/mol. The Kier molecular flexibility index (Phi) is 16.9. The molecule has 0 bridgehead atoms. The molecule has 1 atom stereocenters. The van der Waals surface area contributed by atoms with Crippen LogP contribution in [0.15, 0.2) is 10.2 Å². The Balaban J connectivity index is -0.00000112. The quantitative estimate of drug-likeness (QED) is 0.394. The van der Waals surface area contributed by atoms with Crippen molar-refractivity contribution >= 4 is 24.1 Å². The maximum absolute atomic E-state index is 10.6. The number of hydrogen-bond donors (Lipinski definition) is 1. The normalized spacial score (nSPS) is 10.7. The third-order valence-corrected chi connectivity index (χ3v) is 1.08. The number of azo groups is 1. The van der Waals surface area contributed by atoms with Gasteiger partial charge in [0.25, 0.3) is 0 Å². The van der Waals surface area contributed by atoms with Crippen LogP contribution in [0, 0.1) is 0 Å². The maximum atomic E-state index is 10.6. The van der Waals surface area contributed by atoms with Crippen molar-refractivity contribution in [2.45, 2.75) is 12.5 Å². The van der Waals surface area contributed by atoms with Gasteiger partial charge in [0.2, 0.25) is 0 Å². The molecule has 2 amide bonds. The number of hydrogen-bond acceptors (Lipinski definition) is 7. The minimum atomic E-state index is -2.08. The number of ether oxygens (including phenoxy) is 1. The monoisotopic (exact) mass is 310 g/mol. The summed E-state index contributed by atoms with van der Waals surface area (Å²) in [5.74, 6) is -3.52. The number of rotatable bonds is 4. The van der Waals surface area contributed by atoms with Crippen molar-refractivity contribution in [2.24, 2.45) is 10.2 Å². The molecule has 18 heavy (non-hydrogen) atoms. The van der Waals surface area contributed by atoms with Gasteiger partial charge in [-0.2, -0.15) is 0 Å². The van der Waals surface area contributed by atoms with E-state index in [2.05, 4.69) is 15.0 Å². The SMILES string of the molecule is O=C(O)CC(OC(=O)N=NC(=O)[O-])C(=O)[O-].[K+].[K+]. The molecule has 1 N–H and O–H groups in total. The zero-order valence-corrected chi connectivity index (χ0v) is 15.7. The number of aliphatic carboxylic acids is 2. The summed E-state index contributed by atoms with van der Waals surface area (Å²) in [6.45, 7) is 0. The van der Waals surface area contributed by atoms with E-state index in [9.17, 15) is 29.4 Å². The van der Waals surface area contributed by atoms with Crippen molar-refractivity contribution in [3.05, 3.63) is 0 Å². The molecule has 0 aliphatic rings. The Morgan fingerprint density at radius 2 is 1.61 bits per heavy atom. The van der Waals surface area contributed by atoms with Gasteiger partial charge in [-0.05, 0) is 0 Å². The van der Waals surface area contributed by atoms with E-state index in [1.807, 2.05) is 0 Å². The second kappa shape index (κ2) is 12.8. The molecule has 0 aromatic heterocycles. The Labute approximate surface area is 185 Å². The molecule has 0 rings (SSSR count). The van der Waals surface area contributed by atoms with Crippen LogP contribution >= 0.6 is 0 Å². The summed E-state index contributed by atoms with van der Waals surface area (Å²) in [5, 5.41) is 32.8. The third-order valence-electron chi connectivity index (χ3n) is 1.08. The van der Waals surface area contributed by atoms with Gasteiger partial charge in [0.05, 0.1) is 12.4 Å². The average Bonchev–Trinajstić information content (AvgIpc) is 2.12. The van der Waals surface area contributed by atoms with Gasteiger partial charge in [-0.25, -0.2) is 4.79 Å². The molecule has 0 radical (unpaired) electrons. The summed E-state index contributed by atoms with van der Waals surface area (Å²) in [5.41, 5.74) is 0. The third kappa shape index (κ3) is 13.2. The van der Waals surface area contributed by atoms with Crippen LogP contribution in [0.2, 0.25) is 0 Å². The van der Waals surface area contributed by atoms with Crippen LogP contribution < -0.4 is 113 Å². The van der Waals surface area contributed by atoms with E-state index < -0.39 is 36.6 Å². The zero-order valence-electron chi connectivity index (χ0n) is 9.48. The first-order valence-corrected chi connectivity index (χ1v) is 3.59. The van der Waals surface area contributed by atoms with Gasteiger partial charge in [-0.3, -0.25) is 4.79 Å². The standard InChI is InChI=1S/C6H6N2O8.2K/c9-3(10)1-2(4(11)12)16-6(15)8-7-5(13)14;;/h2H,1H2,(H,9,10)(H,11,12)(H,13,14);;/q;2*+1/p-2. The zero-order chi connectivity index (χ0) is 12.7. The topological polar surface area (TPSA) is 169 Å². The van der Waals surface area contributed by atoms with Gasteiger partial charge in [0.1, 0.15) is 0 Å². The van der Waals surface area contributed by atoms with Gasteiger partial charge in [0, 0.05) is 0 Å². The largest absolute Gasteiger partial charge is 1.00 e. The number of carbonyl (C=O) groups is 4. The molecule has 10 nitrogen and oxygen atoms in total. The Hall–Kier alpha value is 0.753. The maximum Gasteiger partial charge on any atom is 1.00 e. The molecular weight excluding hydrogens is 306 g/mol. The number of amides is 2. The first-order chi connectivity index (χ1) is 7.32. The summed E-state index contributed by atoms with van der Waals surface area (Å²) in [6, 6.07) is 0. The summed E-state index contributed by atoms with van der Waals surface area (Å²) in [4.78, 5) is 40.7. The smallest absolute Gasteiger partial charge is 0.546 e. The summed E-state index contributed by atoms with van der Waals surface area (Å²) < 4.78 is 3.94. The van der Waals surface area contributed by atoms with E-state index in [4.69, 9.17) is 5.11 Å². The Morgan fingerprint density at radius 1 is 1.11 bits per heavy atom. The van der Waals surface area contributed by atoms with E-state index in [1.54, 1.807) is 0 Å². The summed E-state index contributed by atoms with van der Waals surface area (Å²) in [6.07, 6.45) is -6.85. The molecule has 0 fully saturated rings. The average molecular weight is 310 g/mol. The Bertz CT molecular complexity index is 357. The fraction of sp³-hybridized carbons (Fsp3) is 0.333. The second-order valence-corrected chi connectivity index (χ2v) is 2.26. The van der Waals surface area contributed by atoms with Crippen LogP contribution in [0.4, 0.5) is 9.59 Å². The molecule has 0 spiro atoms. The minimum Gasteiger partial charge on any atom is -0.546 e. The van der Waals surface area contributed by atoms with Gasteiger partial charge in [-0.15, -0.1) is 5.11 Å². The fourth-order valence-corrected chi connectivity index (χ4v) is 0.559. The van der Waals surface area contributed by atoms with Crippen molar-refractivity contribution in [1.29, 1.82) is 0 Å². The van der Waals surface area contributed by atoms with Crippen molar-refractivity contribution in [3.63, 3.8) is 0 Å². The van der Waals surface area contributed by atoms with Crippen LogP contribution in [0.1, 0.15) is 6.42 Å². The number of carboxylic acid groups (broad SMARTS) is 3. The van der Waals surface area contributed by atoms with Gasteiger partial charge in [-0.1, -0.05) is 5.11 Å². The Morgan fingerprint density at radius 3 is 1.94 bits per heavy atom. The number of carboxylic acids is 2. The van der Waals surface area contributed by atoms with Gasteiger partial charge in [0.15, 0.2) is 12.2 Å². The molecule has 0 heterocycles. The van der Waals surface area contributed by atoms with Gasteiger partial charge < -0.3 is 29.6 Å². The van der Waals surface area contributed by atoms with Crippen LogP contribution in [0.5, 0.6) is 0 Å². The van der Waals surface area contributed by atoms with Crippen LogP contribution in [0.25, 0.3) is 0 Å². The first-order valence-electron chi connectivity index (χ1n) is 3.59. The van der Waals surface area contributed by atoms with Crippen LogP contribution in [-0.2, 0) is 14.3 Å². The molecule has 0 aromatic carbocycles. The van der Waals surface area contributed by atoms with Crippen LogP contribution in [0.3, 0.4) is 0 Å². The van der Waals surface area contributed by atoms with Crippen LogP contribution in [-0.4, -0.2) is 35.3 Å². The number of carbonyl (C=O) groups excluding carboxylic acids is 3. The molecule has 0 saturated heterocycles. The molecule has 0 aliphatic heterocycles. The molecule has 88 valence electrons. The summed E-state index contributed by atoms with van der Waals surface area (Å²) in [7, 11) is 0. The van der Waals surface area contributed by atoms with Crippen molar-refractivity contribution in [3.8, 4) is 0 Å². The molecule has 1 unspecified atom stereocenters. The fourth-order valence-electron chi connectivity index (χ4n) is 0.559. The van der Waals surface area contributed by atoms with Crippen molar-refractivity contribution in [1.82, 2.24) is 0 Å². The molecular formula is C6H4K2N2O8. The molecule has 0 saturated carbocycles. The minimum absolute atomic E-state index is 0. The van der Waals surface area contributed by atoms with E-state index in [-0.39, 0.29) is 103 Å². The summed E-state index contributed by atoms with van der Waals surface area (Å²) >= 11 is 0. The first kappa shape index (κ1) is 23.8. The van der Waals surface area contributed by atoms with Crippen molar-refractivity contribution < 1.29 is 142 Å². The van der Waals surface area contributed by atoms with E-state index in [0.29, 0.717) is 0 Å². The molecule has 12 heteroatoms. The van der Waals surface area contributed by atoms with E-state index in [1.165, 1.54) is 0 Å². The molecule has 0 aromatic rings. The van der Waals surface area contributed by atoms with E-state index in [0.717, 1.165) is 0 Å². The van der Waals surface area contributed by atoms with E-state index >= 15 is 0 Å². The van der Waals surface area contributed by atoms with Gasteiger partial charge >= 0.3 is 115 Å². The predicted octanol–water partition coefficient (Wildman–Crippen LogP) is -8.48.